The van der Waals surface area contributed by atoms with Crippen LogP contribution >= 0.6 is 23.2 Å². The molecular formula is C5H3Cl2N2O2S-. The highest BCUT2D eigenvalue weighted by Gasteiger charge is 2.06. The average Bonchev–Trinajstić information content (AvgIpc) is 1.82. The Kier molecular flexibility index (Phi) is 2.55. The molecule has 0 aliphatic carbocycles. The molecule has 1 rings (SSSR count). The topological polar surface area (TPSA) is 59.9 Å². The van der Waals surface area contributed by atoms with Crippen LogP contribution < -0.4 is 0 Å². The lowest BCUT2D eigenvalue weighted by Gasteiger charge is -2.01. The van der Waals surface area contributed by atoms with E-state index >= 15 is 0 Å². The molecule has 1 heterocycles. The van der Waals surface area contributed by atoms with Crippen LogP contribution in [-0.4, -0.2) is 18.4 Å². The first kappa shape index (κ1) is 9.70. The molecular weight excluding hydrogens is 223 g/mol. The van der Waals surface area contributed by atoms with E-state index in [0.717, 1.165) is 0 Å². The lowest BCUT2D eigenvalue weighted by molar-refractivity contribution is 0.595. The molecule has 0 aliphatic heterocycles. The summed E-state index contributed by atoms with van der Waals surface area (Å²) in [5, 5.41) is -0.533. The summed E-state index contributed by atoms with van der Waals surface area (Å²) in [5.41, 5.74) is 0. The number of rotatable bonds is 1. The van der Waals surface area contributed by atoms with Gasteiger partial charge in [-0.1, -0.05) is 23.2 Å². The molecule has 66 valence electrons. The minimum atomic E-state index is -3.69. The second-order valence-corrected chi connectivity index (χ2v) is 4.28. The quantitative estimate of drug-likeness (QED) is 0.412. The van der Waals surface area contributed by atoms with Gasteiger partial charge in [0.25, 0.3) is 0 Å². The van der Waals surface area contributed by atoms with Crippen LogP contribution in [0.15, 0.2) is 11.2 Å². The Morgan fingerprint density at radius 1 is 1.25 bits per heavy atom. The van der Waals surface area contributed by atoms with E-state index in [9.17, 15) is 8.42 Å². The van der Waals surface area contributed by atoms with Gasteiger partial charge >= 0.3 is 0 Å². The number of hydrogen-bond acceptors (Lipinski definition) is 4. The fourth-order valence-electron chi connectivity index (χ4n) is 0.510. The van der Waals surface area contributed by atoms with Gasteiger partial charge in [0, 0.05) is 6.07 Å². The van der Waals surface area contributed by atoms with Gasteiger partial charge in [-0.05, 0) is 0 Å². The van der Waals surface area contributed by atoms with Crippen molar-refractivity contribution in [3.05, 3.63) is 22.6 Å². The summed E-state index contributed by atoms with van der Waals surface area (Å²) in [5.74, 6) is 0. The number of sulfone groups is 1. The molecule has 0 unspecified atom stereocenters. The van der Waals surface area contributed by atoms with Gasteiger partial charge in [0.05, 0.1) is 9.84 Å². The molecule has 4 nitrogen and oxygen atoms in total. The fraction of sp³-hybridized carbons (Fsp3) is 0. The second kappa shape index (κ2) is 3.16. The van der Waals surface area contributed by atoms with Crippen molar-refractivity contribution in [3.8, 4) is 0 Å². The van der Waals surface area contributed by atoms with Gasteiger partial charge < -0.3 is 0 Å². The van der Waals surface area contributed by atoms with E-state index in [2.05, 4.69) is 16.2 Å². The summed E-state index contributed by atoms with van der Waals surface area (Å²) in [6.07, 6.45) is 2.85. The largest absolute Gasteiger partial charge is 0.255 e. The van der Waals surface area contributed by atoms with Gasteiger partial charge in [-0.25, -0.2) is 16.2 Å². The van der Waals surface area contributed by atoms with Gasteiger partial charge in [0.2, 0.25) is 5.16 Å². The van der Waals surface area contributed by atoms with Gasteiger partial charge in [-0.15, -0.1) is 0 Å². The van der Waals surface area contributed by atoms with Gasteiger partial charge in [-0.3, -0.25) is 8.42 Å². The summed E-state index contributed by atoms with van der Waals surface area (Å²) in [7, 11) is -3.69. The zero-order valence-corrected chi connectivity index (χ0v) is 7.99. The molecule has 0 saturated heterocycles. The first-order valence-electron chi connectivity index (χ1n) is 2.68. The number of nitrogens with zero attached hydrogens (tertiary/aromatic N) is 2. The molecule has 0 bridgehead atoms. The molecule has 0 aromatic carbocycles. The first-order chi connectivity index (χ1) is 5.39. The van der Waals surface area contributed by atoms with E-state index in [1.165, 1.54) is 6.07 Å². The molecule has 1 aromatic heterocycles. The van der Waals surface area contributed by atoms with Crippen LogP contribution in [0.2, 0.25) is 10.3 Å². The van der Waals surface area contributed by atoms with Crippen LogP contribution in [0.3, 0.4) is 0 Å². The molecule has 0 atom stereocenters. The zero-order valence-electron chi connectivity index (χ0n) is 5.66. The molecule has 0 amide bonds. The van der Waals surface area contributed by atoms with E-state index in [4.69, 9.17) is 23.2 Å². The SMILES string of the molecule is [CH2-]S(=O)(=O)c1nc(Cl)cc(Cl)n1. The summed E-state index contributed by atoms with van der Waals surface area (Å²) in [6, 6.07) is 1.23. The molecule has 1 aromatic rings. The summed E-state index contributed by atoms with van der Waals surface area (Å²) < 4.78 is 21.6. The lowest BCUT2D eigenvalue weighted by atomic mass is 10.7. The maximum atomic E-state index is 10.8. The Morgan fingerprint density at radius 3 is 2.00 bits per heavy atom. The van der Waals surface area contributed by atoms with Crippen LogP contribution in [0.5, 0.6) is 0 Å². The highest BCUT2D eigenvalue weighted by atomic mass is 35.5. The van der Waals surface area contributed by atoms with E-state index in [1.54, 1.807) is 0 Å². The van der Waals surface area contributed by atoms with Crippen molar-refractivity contribution < 1.29 is 8.42 Å². The maximum Gasteiger partial charge on any atom is 0.218 e. The first-order valence-corrected chi connectivity index (χ1v) is 5.08. The molecule has 0 spiro atoms. The number of hydrogen-bond donors (Lipinski definition) is 0. The minimum absolute atomic E-state index is 0.0303. The predicted molar refractivity (Wildman–Crippen MR) is 44.6 cm³/mol. The third kappa shape index (κ3) is 2.30. The highest BCUT2D eigenvalue weighted by molar-refractivity contribution is 7.92. The molecule has 7 heteroatoms. The average molecular weight is 226 g/mol. The van der Waals surface area contributed by atoms with Crippen molar-refractivity contribution in [1.82, 2.24) is 9.97 Å². The third-order valence-corrected chi connectivity index (χ3v) is 2.05. The van der Waals surface area contributed by atoms with E-state index in [0.29, 0.717) is 0 Å². The number of aromatic nitrogens is 2. The minimum Gasteiger partial charge on any atom is -0.255 e. The van der Waals surface area contributed by atoms with Crippen molar-refractivity contribution in [2.24, 2.45) is 0 Å². The van der Waals surface area contributed by atoms with Crippen molar-refractivity contribution in [1.29, 1.82) is 0 Å². The number of halogens is 2. The molecule has 12 heavy (non-hydrogen) atoms. The maximum absolute atomic E-state index is 10.8. The van der Waals surface area contributed by atoms with E-state index in [1.807, 2.05) is 0 Å². The van der Waals surface area contributed by atoms with Crippen LogP contribution in [0, 0.1) is 6.26 Å². The Balaban J connectivity index is 3.37. The Morgan fingerprint density at radius 2 is 1.67 bits per heavy atom. The summed E-state index contributed by atoms with van der Waals surface area (Å²) in [6.45, 7) is 0. The Labute approximate surface area is 79.5 Å². The Hall–Kier alpha value is -0.390. The highest BCUT2D eigenvalue weighted by Crippen LogP contribution is 2.14. The van der Waals surface area contributed by atoms with Gasteiger partial charge in [-0.2, -0.15) is 0 Å². The molecule has 0 radical (unpaired) electrons. The third-order valence-electron chi connectivity index (χ3n) is 0.921. The van der Waals surface area contributed by atoms with Gasteiger partial charge in [0.1, 0.15) is 10.3 Å². The Bertz CT molecular complexity index is 384. The van der Waals surface area contributed by atoms with Crippen molar-refractivity contribution in [2.45, 2.75) is 5.16 Å². The molecule has 0 fully saturated rings. The van der Waals surface area contributed by atoms with Crippen LogP contribution in [0.4, 0.5) is 0 Å². The van der Waals surface area contributed by atoms with Crippen molar-refractivity contribution in [3.63, 3.8) is 0 Å². The molecule has 0 saturated carbocycles. The fourth-order valence-corrected chi connectivity index (χ4v) is 1.51. The van der Waals surface area contributed by atoms with Crippen LogP contribution in [-0.2, 0) is 9.84 Å². The lowest BCUT2D eigenvalue weighted by Crippen LogP contribution is -2.01. The van der Waals surface area contributed by atoms with Crippen molar-refractivity contribution in [2.75, 3.05) is 0 Å². The van der Waals surface area contributed by atoms with Crippen LogP contribution in [0.1, 0.15) is 0 Å². The second-order valence-electron chi connectivity index (χ2n) is 1.91. The van der Waals surface area contributed by atoms with Gasteiger partial charge in [0.15, 0.2) is 0 Å². The van der Waals surface area contributed by atoms with Crippen LogP contribution in [0.25, 0.3) is 0 Å². The summed E-state index contributed by atoms with van der Waals surface area (Å²) in [4.78, 5) is 6.85. The zero-order chi connectivity index (χ0) is 9.35. The molecule has 0 N–H and O–H groups in total. The van der Waals surface area contributed by atoms with Crippen molar-refractivity contribution >= 4 is 33.0 Å². The monoisotopic (exact) mass is 225 g/mol. The summed E-state index contributed by atoms with van der Waals surface area (Å²) >= 11 is 10.9. The smallest absolute Gasteiger partial charge is 0.218 e. The standard InChI is InChI=1S/C5H3Cl2N2O2S/c1-12(10,11)5-8-3(6)2-4(7)9-5/h2H,1H2/q-1. The predicted octanol–water partition coefficient (Wildman–Crippen LogP) is 1.35. The normalized spacial score (nSPS) is 11.6. The van der Waals surface area contributed by atoms with E-state index in [-0.39, 0.29) is 10.3 Å². The molecule has 0 aliphatic rings. The van der Waals surface area contributed by atoms with E-state index < -0.39 is 15.0 Å².